The van der Waals surface area contributed by atoms with Crippen LogP contribution < -0.4 is 5.32 Å². The van der Waals surface area contributed by atoms with Gasteiger partial charge < -0.3 is 5.32 Å². The zero-order chi connectivity index (χ0) is 14.7. The van der Waals surface area contributed by atoms with E-state index in [0.29, 0.717) is 12.0 Å². The minimum atomic E-state index is -0.758. The van der Waals surface area contributed by atoms with Crippen molar-refractivity contribution in [3.63, 3.8) is 0 Å². The van der Waals surface area contributed by atoms with Crippen LogP contribution in [0.25, 0.3) is 0 Å². The third-order valence-electron chi connectivity index (χ3n) is 4.82. The number of halogens is 2. The largest absolute Gasteiger partial charge is 0.316 e. The predicted molar refractivity (Wildman–Crippen MR) is 80.0 cm³/mol. The lowest BCUT2D eigenvalue weighted by atomic mass is 9.92. The number of hydrogen-bond acceptors (Lipinski definition) is 2. The van der Waals surface area contributed by atoms with Crippen LogP contribution in [0.3, 0.4) is 0 Å². The molecular formula is C17H24F2N2. The summed E-state index contributed by atoms with van der Waals surface area (Å²) >= 11 is 0. The highest BCUT2D eigenvalue weighted by molar-refractivity contribution is 5.18. The van der Waals surface area contributed by atoms with Gasteiger partial charge in [0.1, 0.15) is 0 Å². The molecule has 2 fully saturated rings. The molecule has 0 radical (unpaired) electrons. The van der Waals surface area contributed by atoms with Gasteiger partial charge in [-0.2, -0.15) is 0 Å². The number of benzene rings is 1. The number of nitrogens with one attached hydrogen (secondary N) is 1. The second kappa shape index (κ2) is 6.84. The Bertz CT molecular complexity index is 468. The van der Waals surface area contributed by atoms with Crippen LogP contribution in [0.1, 0.15) is 37.7 Å². The van der Waals surface area contributed by atoms with Crippen molar-refractivity contribution in [1.29, 1.82) is 0 Å². The molecule has 0 unspecified atom stereocenters. The third kappa shape index (κ3) is 3.80. The summed E-state index contributed by atoms with van der Waals surface area (Å²) in [4.78, 5) is 2.50. The molecule has 4 heteroatoms. The lowest BCUT2D eigenvalue weighted by molar-refractivity contribution is 0.109. The normalized spacial score (nSPS) is 20.7. The summed E-state index contributed by atoms with van der Waals surface area (Å²) in [6, 6.07) is 4.92. The van der Waals surface area contributed by atoms with Crippen molar-refractivity contribution in [2.24, 2.45) is 5.92 Å². The maximum Gasteiger partial charge on any atom is 0.159 e. The van der Waals surface area contributed by atoms with Crippen molar-refractivity contribution >= 4 is 0 Å². The molecule has 2 nitrogen and oxygen atoms in total. The molecule has 1 aliphatic carbocycles. The zero-order valence-corrected chi connectivity index (χ0v) is 12.5. The summed E-state index contributed by atoms with van der Waals surface area (Å²) in [7, 11) is 0. The second-order valence-corrected chi connectivity index (χ2v) is 6.49. The summed E-state index contributed by atoms with van der Waals surface area (Å²) in [5.41, 5.74) is 0.881. The second-order valence-electron chi connectivity index (χ2n) is 6.49. The van der Waals surface area contributed by atoms with Crippen molar-refractivity contribution in [2.45, 2.75) is 44.7 Å². The molecule has 2 aliphatic rings. The first-order valence-corrected chi connectivity index (χ1v) is 8.11. The molecular weight excluding hydrogens is 270 g/mol. The van der Waals surface area contributed by atoms with E-state index in [9.17, 15) is 8.78 Å². The van der Waals surface area contributed by atoms with Gasteiger partial charge in [0.05, 0.1) is 0 Å². The number of hydrogen-bond donors (Lipinski definition) is 1. The first-order valence-electron chi connectivity index (χ1n) is 8.11. The van der Waals surface area contributed by atoms with Crippen LogP contribution in [0.5, 0.6) is 0 Å². The first kappa shape index (κ1) is 14.9. The molecule has 0 bridgehead atoms. The maximum absolute atomic E-state index is 13.4. The van der Waals surface area contributed by atoms with Crippen LogP contribution in [0, 0.1) is 17.6 Å². The molecule has 21 heavy (non-hydrogen) atoms. The summed E-state index contributed by atoms with van der Waals surface area (Å²) in [5, 5.41) is 3.31. The van der Waals surface area contributed by atoms with Gasteiger partial charge in [-0.25, -0.2) is 8.78 Å². The molecule has 3 rings (SSSR count). The molecule has 1 N–H and O–H groups in total. The van der Waals surface area contributed by atoms with Gasteiger partial charge in [-0.15, -0.1) is 0 Å². The number of nitrogens with zero attached hydrogens (tertiary/aromatic N) is 1. The Morgan fingerprint density at radius 3 is 2.43 bits per heavy atom. The van der Waals surface area contributed by atoms with Crippen LogP contribution in [0.4, 0.5) is 8.78 Å². The maximum atomic E-state index is 13.4. The SMILES string of the molecule is Fc1ccc(CN(CC2CNC2)C2CCCCC2)cc1F. The molecule has 0 atom stereocenters. The highest BCUT2D eigenvalue weighted by Crippen LogP contribution is 2.25. The predicted octanol–water partition coefficient (Wildman–Crippen LogP) is 3.32. The third-order valence-corrected chi connectivity index (χ3v) is 4.82. The molecule has 0 amide bonds. The highest BCUT2D eigenvalue weighted by Gasteiger charge is 2.26. The molecule has 0 aromatic heterocycles. The number of rotatable bonds is 5. The minimum Gasteiger partial charge on any atom is -0.316 e. The van der Waals surface area contributed by atoms with Crippen LogP contribution in [-0.4, -0.2) is 30.6 Å². The molecule has 0 spiro atoms. The molecule has 1 aliphatic heterocycles. The fraction of sp³-hybridized carbons (Fsp3) is 0.647. The van der Waals surface area contributed by atoms with E-state index in [-0.39, 0.29) is 0 Å². The van der Waals surface area contributed by atoms with E-state index in [0.717, 1.165) is 31.7 Å². The van der Waals surface area contributed by atoms with Gasteiger partial charge >= 0.3 is 0 Å². The van der Waals surface area contributed by atoms with Crippen LogP contribution in [0.2, 0.25) is 0 Å². The average molecular weight is 294 g/mol. The molecule has 1 saturated carbocycles. The Kier molecular flexibility index (Phi) is 4.86. The van der Waals surface area contributed by atoms with E-state index >= 15 is 0 Å². The van der Waals surface area contributed by atoms with Gasteiger partial charge in [-0.1, -0.05) is 25.3 Å². The highest BCUT2D eigenvalue weighted by atomic mass is 19.2. The summed E-state index contributed by atoms with van der Waals surface area (Å²) in [6.45, 7) is 3.97. The van der Waals surface area contributed by atoms with Gasteiger partial charge in [0.2, 0.25) is 0 Å². The Morgan fingerprint density at radius 1 is 1.05 bits per heavy atom. The monoisotopic (exact) mass is 294 g/mol. The van der Waals surface area contributed by atoms with E-state index < -0.39 is 11.6 Å². The zero-order valence-electron chi connectivity index (χ0n) is 12.5. The molecule has 116 valence electrons. The fourth-order valence-electron chi connectivity index (χ4n) is 3.47. The molecule has 1 saturated heterocycles. The van der Waals surface area contributed by atoms with Crippen molar-refractivity contribution in [3.8, 4) is 0 Å². The van der Waals surface area contributed by atoms with Crippen LogP contribution >= 0.6 is 0 Å². The molecule has 1 aromatic rings. The lowest BCUT2D eigenvalue weighted by Gasteiger charge is -2.39. The van der Waals surface area contributed by atoms with E-state index in [2.05, 4.69) is 10.2 Å². The fourth-order valence-corrected chi connectivity index (χ4v) is 3.47. The van der Waals surface area contributed by atoms with Crippen molar-refractivity contribution in [2.75, 3.05) is 19.6 Å². The standard InChI is InChI=1S/C17H24F2N2/c18-16-7-6-13(8-17(16)19)11-21(12-14-9-20-10-14)15-4-2-1-3-5-15/h6-8,14-15,20H,1-5,9-12H2. The van der Waals surface area contributed by atoms with Gasteiger partial charge in [-0.05, 0) is 36.5 Å². The summed E-state index contributed by atoms with van der Waals surface area (Å²) in [5.74, 6) is -0.787. The Balaban J connectivity index is 1.68. The minimum absolute atomic E-state index is 0.604. The van der Waals surface area contributed by atoms with Gasteiger partial charge in [0, 0.05) is 32.2 Å². The van der Waals surface area contributed by atoms with Gasteiger partial charge in [-0.3, -0.25) is 4.90 Å². The van der Waals surface area contributed by atoms with Gasteiger partial charge in [0.15, 0.2) is 11.6 Å². The smallest absolute Gasteiger partial charge is 0.159 e. The Labute approximate surface area is 125 Å². The van der Waals surface area contributed by atoms with E-state index in [4.69, 9.17) is 0 Å². The topological polar surface area (TPSA) is 15.3 Å². The average Bonchev–Trinajstić information content (AvgIpc) is 2.46. The lowest BCUT2D eigenvalue weighted by Crippen LogP contribution is -2.50. The molecule has 1 heterocycles. The quantitative estimate of drug-likeness (QED) is 0.896. The van der Waals surface area contributed by atoms with Gasteiger partial charge in [0.25, 0.3) is 0 Å². The van der Waals surface area contributed by atoms with Crippen molar-refractivity contribution < 1.29 is 8.78 Å². The van der Waals surface area contributed by atoms with Crippen molar-refractivity contribution in [3.05, 3.63) is 35.4 Å². The van der Waals surface area contributed by atoms with Crippen LogP contribution in [0.15, 0.2) is 18.2 Å². The van der Waals surface area contributed by atoms with E-state index in [1.165, 1.54) is 44.2 Å². The Hall–Kier alpha value is -1.00. The van der Waals surface area contributed by atoms with Crippen LogP contribution in [-0.2, 0) is 6.54 Å². The first-order chi connectivity index (χ1) is 10.2. The molecule has 1 aromatic carbocycles. The van der Waals surface area contributed by atoms with E-state index in [1.807, 2.05) is 0 Å². The summed E-state index contributed by atoms with van der Waals surface area (Å²) < 4.78 is 26.5. The van der Waals surface area contributed by atoms with Crippen molar-refractivity contribution in [1.82, 2.24) is 10.2 Å². The summed E-state index contributed by atoms with van der Waals surface area (Å²) in [6.07, 6.45) is 6.40. The Morgan fingerprint density at radius 2 is 1.81 bits per heavy atom. The van der Waals surface area contributed by atoms with E-state index in [1.54, 1.807) is 6.07 Å².